The molecular weight excluding hydrogens is 445 g/mol. The predicted octanol–water partition coefficient (Wildman–Crippen LogP) is 3.68. The van der Waals surface area contributed by atoms with E-state index >= 15 is 0 Å². The molecule has 0 saturated carbocycles. The van der Waals surface area contributed by atoms with Gasteiger partial charge in [0.15, 0.2) is 0 Å². The molecule has 0 unspecified atom stereocenters. The Balaban J connectivity index is 1.70. The van der Waals surface area contributed by atoms with E-state index in [9.17, 15) is 14.0 Å². The first-order valence-corrected chi connectivity index (χ1v) is 10.6. The molecule has 33 heavy (non-hydrogen) atoms. The van der Waals surface area contributed by atoms with Gasteiger partial charge >= 0.3 is 0 Å². The van der Waals surface area contributed by atoms with E-state index < -0.39 is 11.7 Å². The highest BCUT2D eigenvalue weighted by molar-refractivity contribution is 7.07. The number of primary amides is 1. The maximum absolute atomic E-state index is 14.3. The van der Waals surface area contributed by atoms with Crippen LogP contribution < -0.4 is 21.7 Å². The first kappa shape index (κ1) is 21.8. The van der Waals surface area contributed by atoms with Crippen LogP contribution in [0.2, 0.25) is 0 Å². The summed E-state index contributed by atoms with van der Waals surface area (Å²) in [4.78, 5) is 36.6. The number of thiazole rings is 1. The van der Waals surface area contributed by atoms with Gasteiger partial charge < -0.3 is 21.7 Å². The van der Waals surface area contributed by atoms with Crippen LogP contribution in [-0.2, 0) is 0 Å². The van der Waals surface area contributed by atoms with Gasteiger partial charge in [-0.25, -0.2) is 14.4 Å². The number of benzene rings is 2. The minimum atomic E-state index is -0.733. The Hall–Kier alpha value is -4.38. The van der Waals surface area contributed by atoms with E-state index in [-0.39, 0.29) is 34.5 Å². The van der Waals surface area contributed by atoms with Crippen LogP contribution in [-0.4, -0.2) is 33.8 Å². The number of amides is 2. The molecule has 2 aromatic heterocycles. The third-order valence-corrected chi connectivity index (χ3v) is 5.23. The highest BCUT2D eigenvalue weighted by Crippen LogP contribution is 2.31. The summed E-state index contributed by atoms with van der Waals surface area (Å²) in [6.45, 7) is 0. The Morgan fingerprint density at radius 2 is 1.88 bits per heavy atom. The Morgan fingerprint density at radius 1 is 1.06 bits per heavy atom. The van der Waals surface area contributed by atoms with Crippen LogP contribution in [0.15, 0.2) is 59.6 Å². The molecule has 9 nitrogen and oxygen atoms in total. The number of nitrogens with one attached hydrogen (secondary N) is 3. The van der Waals surface area contributed by atoms with Gasteiger partial charge in [-0.15, -0.1) is 11.3 Å². The van der Waals surface area contributed by atoms with Crippen molar-refractivity contribution in [1.29, 1.82) is 0 Å². The summed E-state index contributed by atoms with van der Waals surface area (Å²) in [5.74, 6) is -1.58. The number of hydrogen-bond donors (Lipinski definition) is 4. The van der Waals surface area contributed by atoms with Crippen LogP contribution >= 0.6 is 11.3 Å². The monoisotopic (exact) mass is 463 g/mol. The highest BCUT2D eigenvalue weighted by Gasteiger charge is 2.16. The summed E-state index contributed by atoms with van der Waals surface area (Å²) in [5, 5.41) is 10.2. The maximum Gasteiger partial charge on any atom is 0.254 e. The lowest BCUT2D eigenvalue weighted by atomic mass is 10.1. The molecular formula is C22H18FN7O2S. The van der Waals surface area contributed by atoms with E-state index in [4.69, 9.17) is 5.73 Å². The second kappa shape index (κ2) is 9.40. The molecule has 0 fully saturated rings. The van der Waals surface area contributed by atoms with Crippen molar-refractivity contribution in [3.63, 3.8) is 0 Å². The average molecular weight is 463 g/mol. The molecule has 2 amide bonds. The fraction of sp³-hybridized carbons (Fsp3) is 0.0455. The molecule has 0 aliphatic carbocycles. The van der Waals surface area contributed by atoms with Crippen LogP contribution in [0.1, 0.15) is 20.7 Å². The number of nitrogens with zero attached hydrogens (tertiary/aromatic N) is 3. The number of aromatic nitrogens is 3. The van der Waals surface area contributed by atoms with Gasteiger partial charge in [0.1, 0.15) is 17.2 Å². The van der Waals surface area contributed by atoms with Crippen molar-refractivity contribution >= 4 is 46.3 Å². The Morgan fingerprint density at radius 3 is 2.61 bits per heavy atom. The van der Waals surface area contributed by atoms with Crippen molar-refractivity contribution in [2.45, 2.75) is 0 Å². The second-order valence-electron chi connectivity index (χ2n) is 6.76. The van der Waals surface area contributed by atoms with Crippen molar-refractivity contribution in [3.8, 4) is 11.3 Å². The van der Waals surface area contributed by atoms with Crippen LogP contribution in [0.3, 0.4) is 0 Å². The van der Waals surface area contributed by atoms with Crippen LogP contribution in [0.4, 0.5) is 27.5 Å². The van der Waals surface area contributed by atoms with Crippen molar-refractivity contribution in [2.75, 3.05) is 17.7 Å². The van der Waals surface area contributed by atoms with Gasteiger partial charge in [-0.1, -0.05) is 18.2 Å². The minimum absolute atomic E-state index is 0.00148. The second-order valence-corrected chi connectivity index (χ2v) is 7.48. The average Bonchev–Trinajstić information content (AvgIpc) is 3.35. The van der Waals surface area contributed by atoms with Gasteiger partial charge in [0.25, 0.3) is 11.8 Å². The van der Waals surface area contributed by atoms with Gasteiger partial charge in [0, 0.05) is 35.4 Å². The van der Waals surface area contributed by atoms with Crippen LogP contribution in [0.25, 0.3) is 11.3 Å². The van der Waals surface area contributed by atoms with Gasteiger partial charge in [-0.2, -0.15) is 4.98 Å². The van der Waals surface area contributed by atoms with E-state index in [0.29, 0.717) is 5.69 Å². The zero-order chi connectivity index (χ0) is 23.4. The topological polar surface area (TPSA) is 135 Å². The smallest absolute Gasteiger partial charge is 0.254 e. The van der Waals surface area contributed by atoms with Crippen LogP contribution in [0, 0.1) is 5.82 Å². The summed E-state index contributed by atoms with van der Waals surface area (Å²) >= 11 is 1.45. The normalized spacial score (nSPS) is 10.5. The van der Waals surface area contributed by atoms with Gasteiger partial charge in [0.05, 0.1) is 16.9 Å². The number of para-hydroxylation sites is 1. The SMILES string of the molecule is CNC(=O)c1ccc(F)c(Nc2ncc(C(N)=O)c(Nc3ccccc3-c3cscn3)n2)c1. The quantitative estimate of drug-likeness (QED) is 0.328. The zero-order valence-electron chi connectivity index (χ0n) is 17.3. The molecule has 4 aromatic rings. The summed E-state index contributed by atoms with van der Waals surface area (Å²) in [7, 11) is 1.48. The molecule has 2 aromatic carbocycles. The fourth-order valence-electron chi connectivity index (χ4n) is 3.03. The van der Waals surface area contributed by atoms with Gasteiger partial charge in [0.2, 0.25) is 5.95 Å². The standard InChI is InChI=1S/C22H18FN7O2S/c1-25-21(32)12-6-7-15(23)17(8-12)29-22-26-9-14(19(24)31)20(30-22)28-16-5-3-2-4-13(16)18-10-33-11-27-18/h2-11H,1H3,(H2,24,31)(H,25,32)(H2,26,28,29,30). The third-order valence-electron chi connectivity index (χ3n) is 4.64. The zero-order valence-corrected chi connectivity index (χ0v) is 18.1. The molecule has 0 aliphatic rings. The molecule has 166 valence electrons. The molecule has 0 spiro atoms. The molecule has 0 bridgehead atoms. The lowest BCUT2D eigenvalue weighted by molar-refractivity contribution is 0.0961. The number of hydrogen-bond acceptors (Lipinski definition) is 8. The molecule has 4 rings (SSSR count). The molecule has 0 aliphatic heterocycles. The number of nitrogens with two attached hydrogens (primary N) is 1. The maximum atomic E-state index is 14.3. The van der Waals surface area contributed by atoms with E-state index in [1.54, 1.807) is 11.6 Å². The summed E-state index contributed by atoms with van der Waals surface area (Å²) in [5.41, 5.74) is 9.71. The Bertz CT molecular complexity index is 1330. The molecule has 11 heteroatoms. The Kier molecular flexibility index (Phi) is 6.22. The van der Waals surface area contributed by atoms with E-state index in [2.05, 4.69) is 30.9 Å². The van der Waals surface area contributed by atoms with Gasteiger partial charge in [-0.3, -0.25) is 9.59 Å². The van der Waals surface area contributed by atoms with Crippen LogP contribution in [0.5, 0.6) is 0 Å². The first-order chi connectivity index (χ1) is 16.0. The molecule has 0 saturated heterocycles. The first-order valence-electron chi connectivity index (χ1n) is 9.66. The van der Waals surface area contributed by atoms with E-state index in [1.807, 2.05) is 23.6 Å². The molecule has 5 N–H and O–H groups in total. The van der Waals surface area contributed by atoms with Gasteiger partial charge in [-0.05, 0) is 24.3 Å². The van der Waals surface area contributed by atoms with Crippen molar-refractivity contribution in [1.82, 2.24) is 20.3 Å². The molecule has 0 atom stereocenters. The lowest BCUT2D eigenvalue weighted by Gasteiger charge is -2.14. The highest BCUT2D eigenvalue weighted by atomic mass is 32.1. The number of halogens is 1. The van der Waals surface area contributed by atoms with Crippen molar-refractivity contribution in [2.24, 2.45) is 5.73 Å². The number of anilines is 4. The molecule has 2 heterocycles. The summed E-state index contributed by atoms with van der Waals surface area (Å²) in [6, 6.07) is 11.2. The number of rotatable bonds is 7. The predicted molar refractivity (Wildman–Crippen MR) is 124 cm³/mol. The van der Waals surface area contributed by atoms with E-state index in [0.717, 1.165) is 17.3 Å². The lowest BCUT2D eigenvalue weighted by Crippen LogP contribution is -2.18. The van der Waals surface area contributed by atoms with Crippen molar-refractivity contribution < 1.29 is 14.0 Å². The molecule has 0 radical (unpaired) electrons. The summed E-state index contributed by atoms with van der Waals surface area (Å²) in [6.07, 6.45) is 1.24. The minimum Gasteiger partial charge on any atom is -0.365 e. The van der Waals surface area contributed by atoms with Crippen molar-refractivity contribution in [3.05, 3.63) is 76.5 Å². The Labute approximate surface area is 191 Å². The van der Waals surface area contributed by atoms with E-state index in [1.165, 1.54) is 36.7 Å². The number of carbonyl (C=O) groups excluding carboxylic acids is 2. The fourth-order valence-corrected chi connectivity index (χ4v) is 3.59. The number of carbonyl (C=O) groups is 2. The third kappa shape index (κ3) is 4.77. The summed E-state index contributed by atoms with van der Waals surface area (Å²) < 4.78 is 14.3. The largest absolute Gasteiger partial charge is 0.365 e.